The monoisotopic (exact) mass is 636 g/mol. The Morgan fingerprint density at radius 1 is 1.07 bits per heavy atom. The van der Waals surface area contributed by atoms with Gasteiger partial charge in [-0.2, -0.15) is 4.99 Å². The number of rotatable bonds is 8. The summed E-state index contributed by atoms with van der Waals surface area (Å²) in [5.74, 6) is 0.415. The summed E-state index contributed by atoms with van der Waals surface area (Å²) in [4.78, 5) is 35.8. The normalized spacial score (nSPS) is 15.2. The molecule has 1 N–H and O–H groups in total. The predicted molar refractivity (Wildman–Crippen MR) is 168 cm³/mol. The van der Waals surface area contributed by atoms with E-state index in [1.807, 2.05) is 56.3 Å². The quantitative estimate of drug-likeness (QED) is 0.223. The first-order valence-electron chi connectivity index (χ1n) is 14.2. The molecule has 13 heteroatoms. The van der Waals surface area contributed by atoms with Crippen molar-refractivity contribution >= 4 is 34.6 Å². The van der Waals surface area contributed by atoms with E-state index < -0.39 is 12.4 Å². The molecule has 9 nitrogen and oxygen atoms in total. The van der Waals surface area contributed by atoms with E-state index >= 15 is 0 Å². The number of ether oxygens (including phenoxy) is 1. The van der Waals surface area contributed by atoms with Crippen LogP contribution in [0, 0.1) is 6.92 Å². The van der Waals surface area contributed by atoms with Crippen LogP contribution in [0.5, 0.6) is 5.75 Å². The molecule has 0 radical (unpaired) electrons. The molecule has 0 bridgehead atoms. The van der Waals surface area contributed by atoms with E-state index in [-0.39, 0.29) is 29.4 Å². The number of halogens is 3. The third-order valence-corrected chi connectivity index (χ3v) is 7.89. The molecule has 0 aliphatic carbocycles. The summed E-state index contributed by atoms with van der Waals surface area (Å²) < 4.78 is 42.6. The average molecular weight is 637 g/mol. The van der Waals surface area contributed by atoms with Gasteiger partial charge in [-0.05, 0) is 73.2 Å². The third-order valence-electron chi connectivity index (χ3n) is 6.96. The predicted octanol–water partition coefficient (Wildman–Crippen LogP) is 7.04. The molecule has 1 unspecified atom stereocenters. The number of aliphatic imine (C=N–C) groups is 1. The Morgan fingerprint density at radius 2 is 1.78 bits per heavy atom. The van der Waals surface area contributed by atoms with Crippen LogP contribution < -0.4 is 15.0 Å². The van der Waals surface area contributed by atoms with Gasteiger partial charge in [-0.15, -0.1) is 18.3 Å². The van der Waals surface area contributed by atoms with E-state index in [4.69, 9.17) is 0 Å². The molecule has 1 aliphatic heterocycles. The summed E-state index contributed by atoms with van der Waals surface area (Å²) in [6.45, 7) is 7.96. The van der Waals surface area contributed by atoms with Gasteiger partial charge in [-0.25, -0.2) is 14.5 Å². The summed E-state index contributed by atoms with van der Waals surface area (Å²) >= 11 is 1.25. The van der Waals surface area contributed by atoms with Crippen LogP contribution >= 0.6 is 11.8 Å². The first-order chi connectivity index (χ1) is 21.4. The highest BCUT2D eigenvalue weighted by atomic mass is 32.2. The molecule has 2 heterocycles. The molecule has 1 fully saturated rings. The number of aryl methyl sites for hydroxylation is 1. The molecular weight excluding hydrogens is 605 g/mol. The molecule has 0 spiro atoms. The molecule has 4 aromatic rings. The number of amidine groups is 1. The highest BCUT2D eigenvalue weighted by Crippen LogP contribution is 2.34. The van der Waals surface area contributed by atoms with Crippen LogP contribution in [0.2, 0.25) is 0 Å². The van der Waals surface area contributed by atoms with E-state index in [0.29, 0.717) is 23.1 Å². The molecule has 1 atom stereocenters. The Balaban J connectivity index is 1.20. The van der Waals surface area contributed by atoms with Crippen LogP contribution in [-0.2, 0) is 11.2 Å². The van der Waals surface area contributed by atoms with Gasteiger partial charge in [0.1, 0.15) is 12.1 Å². The number of thioether (sulfide) groups is 1. The largest absolute Gasteiger partial charge is 0.573 e. The number of alkyl halides is 3. The van der Waals surface area contributed by atoms with Crippen LogP contribution in [0.4, 0.5) is 23.7 Å². The van der Waals surface area contributed by atoms with Crippen molar-refractivity contribution in [3.8, 4) is 22.8 Å². The van der Waals surface area contributed by atoms with E-state index in [1.165, 1.54) is 47.0 Å². The standard InChI is InChI=1S/C32H31F3N6O3S/c1-19(2)26-14-5-20(3)15-27(26)41-28(42)17-45-31(41)38-30(43)37-21(4)16-22-6-8-23(9-7-22)29-36-18-40(39-29)24-10-12-25(13-11-24)44-32(33,34)35/h5-15,18-19,21H,16-17H2,1-4H3,(H,37,43)/b38-31-. The average Bonchev–Trinajstić information content (AvgIpc) is 3.60. The number of carbonyl (C=O) groups is 2. The van der Waals surface area contributed by atoms with Gasteiger partial charge in [-0.1, -0.05) is 62.0 Å². The molecular formula is C32H31F3N6O3S. The minimum absolute atomic E-state index is 0.111. The second-order valence-electron chi connectivity index (χ2n) is 10.9. The number of nitrogens with one attached hydrogen (secondary N) is 1. The number of benzene rings is 3. The Morgan fingerprint density at radius 3 is 2.44 bits per heavy atom. The van der Waals surface area contributed by atoms with Crippen LogP contribution in [0.3, 0.4) is 0 Å². The number of hydrogen-bond acceptors (Lipinski definition) is 6. The van der Waals surface area contributed by atoms with Crippen molar-refractivity contribution in [3.05, 3.63) is 89.7 Å². The first-order valence-corrected chi connectivity index (χ1v) is 15.2. The molecule has 45 heavy (non-hydrogen) atoms. The van der Waals surface area contributed by atoms with Crippen LogP contribution in [-0.4, -0.2) is 50.0 Å². The summed E-state index contributed by atoms with van der Waals surface area (Å²) in [5.41, 5.74) is 5.02. The maximum Gasteiger partial charge on any atom is 0.573 e. The van der Waals surface area contributed by atoms with Crippen molar-refractivity contribution in [2.45, 2.75) is 52.4 Å². The van der Waals surface area contributed by atoms with E-state index in [0.717, 1.165) is 27.9 Å². The highest BCUT2D eigenvalue weighted by molar-refractivity contribution is 8.15. The molecule has 234 valence electrons. The lowest BCUT2D eigenvalue weighted by Gasteiger charge is -2.22. The third kappa shape index (κ3) is 7.90. The van der Waals surface area contributed by atoms with Gasteiger partial charge in [0.2, 0.25) is 5.91 Å². The van der Waals surface area contributed by atoms with Gasteiger partial charge < -0.3 is 10.1 Å². The van der Waals surface area contributed by atoms with Crippen LogP contribution in [0.15, 0.2) is 78.0 Å². The zero-order valence-electron chi connectivity index (χ0n) is 25.0. The minimum atomic E-state index is -4.76. The number of carbonyl (C=O) groups excluding carboxylic acids is 2. The minimum Gasteiger partial charge on any atom is -0.406 e. The highest BCUT2D eigenvalue weighted by Gasteiger charge is 2.33. The lowest BCUT2D eigenvalue weighted by molar-refractivity contribution is -0.274. The Kier molecular flexibility index (Phi) is 9.28. The van der Waals surface area contributed by atoms with E-state index in [9.17, 15) is 22.8 Å². The summed E-state index contributed by atoms with van der Waals surface area (Å²) in [6, 6.07) is 18.1. The number of urea groups is 1. The lowest BCUT2D eigenvalue weighted by Crippen LogP contribution is -2.35. The fourth-order valence-electron chi connectivity index (χ4n) is 4.86. The smallest absolute Gasteiger partial charge is 0.406 e. The number of anilines is 1. The van der Waals surface area contributed by atoms with E-state index in [2.05, 4.69) is 39.0 Å². The number of aromatic nitrogens is 3. The number of nitrogens with zero attached hydrogens (tertiary/aromatic N) is 5. The van der Waals surface area contributed by atoms with E-state index in [1.54, 1.807) is 4.90 Å². The zero-order valence-corrected chi connectivity index (χ0v) is 25.8. The maximum absolute atomic E-state index is 12.9. The van der Waals surface area contributed by atoms with Gasteiger partial charge in [0.15, 0.2) is 11.0 Å². The molecule has 3 amide bonds. The van der Waals surface area contributed by atoms with Crippen molar-refractivity contribution in [2.24, 2.45) is 4.99 Å². The Hall–Kier alpha value is -4.65. The zero-order chi connectivity index (χ0) is 32.3. The number of amides is 3. The Labute approximate surface area is 262 Å². The van der Waals surface area contributed by atoms with Gasteiger partial charge in [0.25, 0.3) is 0 Å². The fourth-order valence-corrected chi connectivity index (χ4v) is 5.72. The molecule has 5 rings (SSSR count). The van der Waals surface area contributed by atoms with Crippen molar-refractivity contribution < 1.29 is 27.5 Å². The first kappa shape index (κ1) is 31.8. The lowest BCUT2D eigenvalue weighted by atomic mass is 9.99. The summed E-state index contributed by atoms with van der Waals surface area (Å²) in [5, 5.41) is 7.69. The second-order valence-corrected chi connectivity index (χ2v) is 11.9. The van der Waals surface area contributed by atoms with Crippen molar-refractivity contribution in [3.63, 3.8) is 0 Å². The van der Waals surface area contributed by atoms with Gasteiger partial charge in [0.05, 0.1) is 17.1 Å². The molecule has 1 aliphatic rings. The number of hydrogen-bond donors (Lipinski definition) is 1. The van der Waals surface area contributed by atoms with Crippen molar-refractivity contribution in [1.29, 1.82) is 0 Å². The summed E-state index contributed by atoms with van der Waals surface area (Å²) in [6.07, 6.45) is -2.75. The van der Waals surface area contributed by atoms with Crippen molar-refractivity contribution in [1.82, 2.24) is 20.1 Å². The summed E-state index contributed by atoms with van der Waals surface area (Å²) in [7, 11) is 0. The fraction of sp³-hybridized carbons (Fsp3) is 0.281. The van der Waals surface area contributed by atoms with Gasteiger partial charge in [-0.3, -0.25) is 9.69 Å². The van der Waals surface area contributed by atoms with Crippen molar-refractivity contribution in [2.75, 3.05) is 10.7 Å². The maximum atomic E-state index is 12.9. The molecule has 1 aromatic heterocycles. The molecule has 0 saturated carbocycles. The van der Waals surface area contributed by atoms with Gasteiger partial charge in [0, 0.05) is 11.6 Å². The Bertz CT molecular complexity index is 1720. The van der Waals surface area contributed by atoms with Crippen LogP contribution in [0.1, 0.15) is 43.4 Å². The van der Waals surface area contributed by atoms with Crippen LogP contribution in [0.25, 0.3) is 17.1 Å². The topological polar surface area (TPSA) is 102 Å². The molecule has 1 saturated heterocycles. The van der Waals surface area contributed by atoms with Gasteiger partial charge >= 0.3 is 12.4 Å². The molecule has 3 aromatic carbocycles. The SMILES string of the molecule is Cc1ccc(C(C)C)c(N2C(=O)CS/C2=N\C(=O)NC(C)Cc2ccc(-c3ncn(-c4ccc(OC(F)(F)F)cc4)n3)cc2)c1. The second kappa shape index (κ2) is 13.1.